The molecule has 2 unspecified atom stereocenters. The van der Waals surface area contributed by atoms with Gasteiger partial charge in [0.25, 0.3) is 0 Å². The van der Waals surface area contributed by atoms with Crippen LogP contribution in [0, 0.1) is 11.8 Å². The van der Waals surface area contributed by atoms with E-state index in [0.717, 1.165) is 57.8 Å². The quantitative estimate of drug-likeness (QED) is 0.187. The SMILES string of the molecule is CCCNP(=O)(OCC(C)COC(=O)OC1CCCCC1)OCC(C)COC(=O)OC1CCCCC1. The zero-order valence-corrected chi connectivity index (χ0v) is 23.1. The lowest BCUT2D eigenvalue weighted by atomic mass is 9.98. The van der Waals surface area contributed by atoms with Gasteiger partial charge in [-0.15, -0.1) is 0 Å². The molecule has 36 heavy (non-hydrogen) atoms. The van der Waals surface area contributed by atoms with E-state index in [9.17, 15) is 14.2 Å². The number of hydrogen-bond acceptors (Lipinski definition) is 9. The van der Waals surface area contributed by atoms with Gasteiger partial charge < -0.3 is 18.9 Å². The maximum Gasteiger partial charge on any atom is 0.508 e. The lowest BCUT2D eigenvalue weighted by molar-refractivity contribution is 0.000885. The van der Waals surface area contributed by atoms with Crippen LogP contribution in [0.25, 0.3) is 0 Å². The van der Waals surface area contributed by atoms with Gasteiger partial charge in [0.05, 0.1) is 26.4 Å². The Morgan fingerprint density at radius 2 is 1.17 bits per heavy atom. The Kier molecular flexibility index (Phi) is 14.8. The summed E-state index contributed by atoms with van der Waals surface area (Å²) < 4.78 is 45.5. The van der Waals surface area contributed by atoms with E-state index >= 15 is 0 Å². The van der Waals surface area contributed by atoms with E-state index in [1.807, 2.05) is 20.8 Å². The fourth-order valence-electron chi connectivity index (χ4n) is 4.05. The lowest BCUT2D eigenvalue weighted by Gasteiger charge is -2.24. The summed E-state index contributed by atoms with van der Waals surface area (Å²) in [5, 5.41) is 2.84. The number of carbonyl (C=O) groups excluding carboxylic acids is 2. The largest absolute Gasteiger partial charge is 0.508 e. The molecule has 0 bridgehead atoms. The molecule has 10 nitrogen and oxygen atoms in total. The van der Waals surface area contributed by atoms with Gasteiger partial charge in [-0.2, -0.15) is 0 Å². The Morgan fingerprint density at radius 3 is 1.56 bits per heavy atom. The molecule has 0 spiro atoms. The molecule has 0 aromatic rings. The molecule has 0 aliphatic heterocycles. The Bertz CT molecular complexity index is 630. The van der Waals surface area contributed by atoms with E-state index in [4.69, 9.17) is 28.0 Å². The van der Waals surface area contributed by atoms with E-state index < -0.39 is 20.1 Å². The zero-order valence-electron chi connectivity index (χ0n) is 22.2. The highest BCUT2D eigenvalue weighted by molar-refractivity contribution is 7.51. The Morgan fingerprint density at radius 1 is 0.750 bits per heavy atom. The van der Waals surface area contributed by atoms with Gasteiger partial charge >= 0.3 is 20.1 Å². The number of hydrogen-bond donors (Lipinski definition) is 1. The molecule has 2 aliphatic carbocycles. The van der Waals surface area contributed by atoms with Crippen molar-refractivity contribution in [2.24, 2.45) is 11.8 Å². The third-order valence-electron chi connectivity index (χ3n) is 6.22. The van der Waals surface area contributed by atoms with Gasteiger partial charge in [-0.3, -0.25) is 9.05 Å². The first-order chi connectivity index (χ1) is 17.3. The van der Waals surface area contributed by atoms with Crippen molar-refractivity contribution in [2.45, 2.75) is 104 Å². The van der Waals surface area contributed by atoms with Gasteiger partial charge in [0.1, 0.15) is 12.2 Å². The van der Waals surface area contributed by atoms with Gasteiger partial charge in [-0.25, -0.2) is 19.2 Å². The molecule has 2 atom stereocenters. The zero-order chi connectivity index (χ0) is 26.2. The van der Waals surface area contributed by atoms with E-state index in [2.05, 4.69) is 5.09 Å². The van der Waals surface area contributed by atoms with Crippen LogP contribution >= 0.6 is 7.75 Å². The van der Waals surface area contributed by atoms with Gasteiger partial charge in [-0.05, 0) is 57.8 Å². The Balaban J connectivity index is 1.66. The maximum atomic E-state index is 13.2. The van der Waals surface area contributed by atoms with Crippen LogP contribution in [0.15, 0.2) is 0 Å². The normalized spacial score (nSPS) is 20.6. The van der Waals surface area contributed by atoms with E-state index in [0.29, 0.717) is 6.54 Å². The minimum atomic E-state index is -3.59. The summed E-state index contributed by atoms with van der Waals surface area (Å²) in [6.45, 7) is 6.37. The average Bonchev–Trinajstić information content (AvgIpc) is 2.88. The molecule has 0 saturated heterocycles. The first-order valence-electron chi connectivity index (χ1n) is 13.6. The van der Waals surface area contributed by atoms with Crippen LogP contribution in [-0.4, -0.2) is 57.5 Å². The molecule has 1 N–H and O–H groups in total. The van der Waals surface area contributed by atoms with Crippen molar-refractivity contribution in [3.63, 3.8) is 0 Å². The van der Waals surface area contributed by atoms with Crippen LogP contribution in [0.1, 0.15) is 91.4 Å². The highest BCUT2D eigenvalue weighted by atomic mass is 31.2. The van der Waals surface area contributed by atoms with Gasteiger partial charge in [0, 0.05) is 18.4 Å². The van der Waals surface area contributed by atoms with Gasteiger partial charge in [0.2, 0.25) is 0 Å². The van der Waals surface area contributed by atoms with Crippen LogP contribution in [-0.2, 0) is 32.6 Å². The molecule has 2 aliphatic rings. The molecule has 2 fully saturated rings. The highest BCUT2D eigenvalue weighted by Gasteiger charge is 2.27. The standard InChI is InChI=1S/C25H46NO9P/c1-4-15-26-36(29,32-18-20(2)16-30-24(27)34-22-11-7-5-8-12-22)33-19-21(3)17-31-25(28)35-23-13-9-6-10-14-23/h20-23H,4-19H2,1-3H3,(H,26,29). The molecule has 11 heteroatoms. The Hall–Kier alpha value is -1.35. The summed E-state index contributed by atoms with van der Waals surface area (Å²) in [5.41, 5.74) is 0. The van der Waals surface area contributed by atoms with Crippen LogP contribution < -0.4 is 5.09 Å². The average molecular weight is 536 g/mol. The first kappa shape index (κ1) is 30.9. The molecule has 2 saturated carbocycles. The van der Waals surface area contributed by atoms with E-state index in [1.54, 1.807) is 0 Å². The van der Waals surface area contributed by atoms with Crippen molar-refractivity contribution in [3.05, 3.63) is 0 Å². The van der Waals surface area contributed by atoms with Crippen molar-refractivity contribution < 1.29 is 42.1 Å². The molecule has 0 heterocycles. The van der Waals surface area contributed by atoms with E-state index in [-0.39, 0.29) is 50.5 Å². The molecular formula is C25H46NO9P. The first-order valence-corrected chi connectivity index (χ1v) is 15.1. The minimum absolute atomic E-state index is 0.0650. The van der Waals surface area contributed by atoms with Crippen molar-refractivity contribution in [1.82, 2.24) is 5.09 Å². The molecule has 2 rings (SSSR count). The second-order valence-electron chi connectivity index (χ2n) is 10.1. The molecule has 0 radical (unpaired) electrons. The summed E-state index contributed by atoms with van der Waals surface area (Å²) in [6, 6.07) is 0. The Labute approximate surface area is 216 Å². The van der Waals surface area contributed by atoms with Crippen molar-refractivity contribution >= 4 is 20.1 Å². The molecule has 210 valence electrons. The van der Waals surface area contributed by atoms with Crippen molar-refractivity contribution in [1.29, 1.82) is 0 Å². The summed E-state index contributed by atoms with van der Waals surface area (Å²) in [5.74, 6) is -0.417. The molecule has 0 aromatic carbocycles. The maximum absolute atomic E-state index is 13.2. The fourth-order valence-corrected chi connectivity index (χ4v) is 5.71. The molecule has 0 aromatic heterocycles. The topological polar surface area (TPSA) is 119 Å². The number of nitrogens with one attached hydrogen (secondary N) is 1. The predicted octanol–water partition coefficient (Wildman–Crippen LogP) is 6.37. The summed E-state index contributed by atoms with van der Waals surface area (Å²) >= 11 is 0. The summed E-state index contributed by atoms with van der Waals surface area (Å²) in [7, 11) is -3.59. The van der Waals surface area contributed by atoms with Crippen LogP contribution in [0.2, 0.25) is 0 Å². The number of ether oxygens (including phenoxy) is 4. The third-order valence-corrected chi connectivity index (χ3v) is 7.80. The van der Waals surface area contributed by atoms with Crippen molar-refractivity contribution in [2.75, 3.05) is 33.0 Å². The smallest absolute Gasteiger partial charge is 0.434 e. The highest BCUT2D eigenvalue weighted by Crippen LogP contribution is 2.44. The van der Waals surface area contributed by atoms with Crippen LogP contribution in [0.5, 0.6) is 0 Å². The molecule has 0 amide bonds. The van der Waals surface area contributed by atoms with Crippen molar-refractivity contribution in [3.8, 4) is 0 Å². The van der Waals surface area contributed by atoms with E-state index in [1.165, 1.54) is 12.8 Å². The predicted molar refractivity (Wildman–Crippen MR) is 135 cm³/mol. The second kappa shape index (κ2) is 17.2. The third kappa shape index (κ3) is 13.3. The minimum Gasteiger partial charge on any atom is -0.434 e. The second-order valence-corrected chi connectivity index (χ2v) is 11.9. The monoisotopic (exact) mass is 535 g/mol. The fraction of sp³-hybridized carbons (Fsp3) is 0.920. The summed E-state index contributed by atoms with van der Waals surface area (Å²) in [6.07, 6.45) is 9.40. The molecular weight excluding hydrogens is 489 g/mol. The number of rotatable bonds is 15. The lowest BCUT2D eigenvalue weighted by Crippen LogP contribution is -2.25. The summed E-state index contributed by atoms with van der Waals surface area (Å²) in [4.78, 5) is 23.9. The van der Waals surface area contributed by atoms with Gasteiger partial charge in [0.15, 0.2) is 0 Å². The van der Waals surface area contributed by atoms with Crippen LogP contribution in [0.4, 0.5) is 9.59 Å². The van der Waals surface area contributed by atoms with Gasteiger partial charge in [-0.1, -0.05) is 33.6 Å². The number of carbonyl (C=O) groups is 2. The van der Waals surface area contributed by atoms with Crippen LogP contribution in [0.3, 0.4) is 0 Å².